The summed E-state index contributed by atoms with van der Waals surface area (Å²) in [5.74, 6) is 1.35. The maximum absolute atomic E-state index is 9.41. The summed E-state index contributed by atoms with van der Waals surface area (Å²) in [6, 6.07) is 17.8. The van der Waals surface area contributed by atoms with Gasteiger partial charge in [-0.05, 0) is 35.7 Å². The molecule has 0 amide bonds. The Morgan fingerprint density at radius 3 is 2.40 bits per heavy atom. The van der Waals surface area contributed by atoms with Gasteiger partial charge >= 0.3 is 0 Å². The Morgan fingerprint density at radius 1 is 1.05 bits per heavy atom. The first-order valence-corrected chi connectivity index (χ1v) is 6.44. The van der Waals surface area contributed by atoms with Gasteiger partial charge in [-0.25, -0.2) is 0 Å². The van der Waals surface area contributed by atoms with Gasteiger partial charge < -0.3 is 9.47 Å². The van der Waals surface area contributed by atoms with Crippen molar-refractivity contribution in [2.45, 2.75) is 12.3 Å². The summed E-state index contributed by atoms with van der Waals surface area (Å²) in [7, 11) is 3.26. The van der Waals surface area contributed by atoms with Crippen LogP contribution in [0.4, 0.5) is 0 Å². The molecule has 0 N–H and O–H groups in total. The van der Waals surface area contributed by atoms with E-state index in [1.807, 2.05) is 48.5 Å². The van der Waals surface area contributed by atoms with Gasteiger partial charge in [-0.3, -0.25) is 0 Å². The first kappa shape index (κ1) is 14.0. The third-order valence-corrected chi connectivity index (χ3v) is 3.27. The lowest BCUT2D eigenvalue weighted by atomic mass is 9.93. The van der Waals surface area contributed by atoms with Crippen molar-refractivity contribution in [3.63, 3.8) is 0 Å². The van der Waals surface area contributed by atoms with Crippen molar-refractivity contribution in [2.75, 3.05) is 14.2 Å². The van der Waals surface area contributed by atoms with Gasteiger partial charge in [0, 0.05) is 0 Å². The predicted octanol–water partition coefficient (Wildman–Crippen LogP) is 3.55. The quantitative estimate of drug-likeness (QED) is 0.832. The van der Waals surface area contributed by atoms with Gasteiger partial charge in [0.05, 0.1) is 26.2 Å². The summed E-state index contributed by atoms with van der Waals surface area (Å²) in [5, 5.41) is 9.41. The zero-order valence-corrected chi connectivity index (χ0v) is 11.7. The maximum Gasteiger partial charge on any atom is 0.122 e. The van der Waals surface area contributed by atoms with Crippen molar-refractivity contribution in [1.29, 1.82) is 5.26 Å². The smallest absolute Gasteiger partial charge is 0.122 e. The van der Waals surface area contributed by atoms with E-state index >= 15 is 0 Å². The first-order chi connectivity index (χ1) is 9.78. The van der Waals surface area contributed by atoms with Crippen molar-refractivity contribution < 1.29 is 9.47 Å². The fourth-order valence-electron chi connectivity index (χ4n) is 2.18. The lowest BCUT2D eigenvalue weighted by molar-refractivity contribution is 0.398. The average molecular weight is 267 g/mol. The molecule has 0 aliphatic heterocycles. The fraction of sp³-hybridized carbons (Fsp3) is 0.235. The van der Waals surface area contributed by atoms with Crippen molar-refractivity contribution >= 4 is 0 Å². The highest BCUT2D eigenvalue weighted by atomic mass is 16.5. The highest BCUT2D eigenvalue weighted by Gasteiger charge is 2.14. The standard InChI is InChI=1S/C17H17NO2/c1-19-16-8-9-17(20-2)14(11-16)10-15(12-18)13-6-4-3-5-7-13/h3-9,11,15H,10H2,1-2H3. The van der Waals surface area contributed by atoms with E-state index in [0.717, 1.165) is 22.6 Å². The summed E-state index contributed by atoms with van der Waals surface area (Å²) in [6.45, 7) is 0. The fourth-order valence-corrected chi connectivity index (χ4v) is 2.18. The first-order valence-electron chi connectivity index (χ1n) is 6.44. The van der Waals surface area contributed by atoms with Gasteiger partial charge in [0.1, 0.15) is 11.5 Å². The van der Waals surface area contributed by atoms with Crippen LogP contribution in [0.2, 0.25) is 0 Å². The van der Waals surface area contributed by atoms with Crippen LogP contribution in [0.25, 0.3) is 0 Å². The number of benzene rings is 2. The lowest BCUT2D eigenvalue weighted by Crippen LogP contribution is -2.02. The molecule has 20 heavy (non-hydrogen) atoms. The number of methoxy groups -OCH3 is 2. The lowest BCUT2D eigenvalue weighted by Gasteiger charge is -2.14. The molecule has 0 radical (unpaired) electrons. The van der Waals surface area contributed by atoms with Crippen molar-refractivity contribution in [1.82, 2.24) is 0 Å². The van der Waals surface area contributed by atoms with E-state index in [1.54, 1.807) is 14.2 Å². The SMILES string of the molecule is COc1ccc(OC)c(CC(C#N)c2ccccc2)c1. The van der Waals surface area contributed by atoms with E-state index in [2.05, 4.69) is 6.07 Å². The molecule has 3 nitrogen and oxygen atoms in total. The monoisotopic (exact) mass is 267 g/mol. The summed E-state index contributed by atoms with van der Waals surface area (Å²) >= 11 is 0. The molecular weight excluding hydrogens is 250 g/mol. The minimum atomic E-state index is -0.197. The number of hydrogen-bond acceptors (Lipinski definition) is 3. The van der Waals surface area contributed by atoms with Crippen LogP contribution >= 0.6 is 0 Å². The van der Waals surface area contributed by atoms with Crippen LogP contribution in [0.3, 0.4) is 0 Å². The Kier molecular flexibility index (Phi) is 4.62. The predicted molar refractivity (Wildman–Crippen MR) is 78.0 cm³/mol. The highest BCUT2D eigenvalue weighted by Crippen LogP contribution is 2.29. The summed E-state index contributed by atoms with van der Waals surface area (Å²) < 4.78 is 10.6. The van der Waals surface area contributed by atoms with E-state index in [-0.39, 0.29) is 5.92 Å². The van der Waals surface area contributed by atoms with E-state index in [4.69, 9.17) is 9.47 Å². The van der Waals surface area contributed by atoms with Gasteiger partial charge in [0.2, 0.25) is 0 Å². The van der Waals surface area contributed by atoms with Crippen LogP contribution in [0.5, 0.6) is 11.5 Å². The maximum atomic E-state index is 9.41. The van der Waals surface area contributed by atoms with Gasteiger partial charge in [0.15, 0.2) is 0 Å². The second kappa shape index (κ2) is 6.63. The van der Waals surface area contributed by atoms with Crippen LogP contribution in [0, 0.1) is 11.3 Å². The topological polar surface area (TPSA) is 42.2 Å². The normalized spacial score (nSPS) is 11.4. The molecule has 3 heteroatoms. The van der Waals surface area contributed by atoms with E-state index in [1.165, 1.54) is 0 Å². The summed E-state index contributed by atoms with van der Waals surface area (Å²) in [6.07, 6.45) is 0.598. The molecule has 2 aromatic rings. The van der Waals surface area contributed by atoms with Crippen LogP contribution < -0.4 is 9.47 Å². The second-order valence-electron chi connectivity index (χ2n) is 4.47. The molecule has 2 aromatic carbocycles. The van der Waals surface area contributed by atoms with E-state index in [0.29, 0.717) is 6.42 Å². The van der Waals surface area contributed by atoms with Gasteiger partial charge in [-0.1, -0.05) is 30.3 Å². The van der Waals surface area contributed by atoms with Crippen LogP contribution in [0.15, 0.2) is 48.5 Å². The molecule has 0 fully saturated rings. The Balaban J connectivity index is 2.30. The molecule has 0 heterocycles. The zero-order chi connectivity index (χ0) is 14.4. The number of rotatable bonds is 5. The number of nitriles is 1. The molecule has 0 aromatic heterocycles. The Bertz CT molecular complexity index is 602. The number of nitrogens with zero attached hydrogens (tertiary/aromatic N) is 1. The molecule has 1 unspecified atom stereocenters. The van der Waals surface area contributed by atoms with Gasteiger partial charge in [0.25, 0.3) is 0 Å². The molecule has 1 atom stereocenters. The number of hydrogen-bond donors (Lipinski definition) is 0. The molecule has 0 aliphatic rings. The molecule has 0 saturated carbocycles. The van der Waals surface area contributed by atoms with Crippen molar-refractivity contribution in [3.05, 3.63) is 59.7 Å². The van der Waals surface area contributed by atoms with Crippen LogP contribution in [-0.2, 0) is 6.42 Å². The number of ether oxygens (including phenoxy) is 2. The molecular formula is C17H17NO2. The van der Waals surface area contributed by atoms with E-state index in [9.17, 15) is 5.26 Å². The molecule has 0 bridgehead atoms. The average Bonchev–Trinajstić information content (AvgIpc) is 2.53. The second-order valence-corrected chi connectivity index (χ2v) is 4.47. The minimum absolute atomic E-state index is 0.197. The Hall–Kier alpha value is -2.47. The molecule has 102 valence electrons. The zero-order valence-electron chi connectivity index (χ0n) is 11.7. The molecule has 2 rings (SSSR count). The van der Waals surface area contributed by atoms with E-state index < -0.39 is 0 Å². The van der Waals surface area contributed by atoms with Crippen LogP contribution in [0.1, 0.15) is 17.0 Å². The third kappa shape index (κ3) is 3.10. The van der Waals surface area contributed by atoms with Crippen molar-refractivity contribution in [3.8, 4) is 17.6 Å². The third-order valence-electron chi connectivity index (χ3n) is 3.27. The van der Waals surface area contributed by atoms with Crippen LogP contribution in [-0.4, -0.2) is 14.2 Å². The Morgan fingerprint density at radius 2 is 1.80 bits per heavy atom. The minimum Gasteiger partial charge on any atom is -0.497 e. The molecule has 0 saturated heterocycles. The van der Waals surface area contributed by atoms with Gasteiger partial charge in [-0.15, -0.1) is 0 Å². The Labute approximate surface area is 119 Å². The molecule has 0 aliphatic carbocycles. The summed E-state index contributed by atoms with van der Waals surface area (Å²) in [4.78, 5) is 0. The van der Waals surface area contributed by atoms with Gasteiger partial charge in [-0.2, -0.15) is 5.26 Å². The van der Waals surface area contributed by atoms with Crippen molar-refractivity contribution in [2.24, 2.45) is 0 Å². The summed E-state index contributed by atoms with van der Waals surface area (Å²) in [5.41, 5.74) is 1.99. The largest absolute Gasteiger partial charge is 0.497 e. The highest BCUT2D eigenvalue weighted by molar-refractivity contribution is 5.42. The molecule has 0 spiro atoms.